The maximum absolute atomic E-state index is 13.5. The molecule has 0 aliphatic heterocycles. The molecule has 2 heteroatoms. The Morgan fingerprint density at radius 2 is 1.89 bits per heavy atom. The van der Waals surface area contributed by atoms with E-state index in [1.165, 1.54) is 44.1 Å². The van der Waals surface area contributed by atoms with Crippen LogP contribution in [-0.4, -0.2) is 13.1 Å². The van der Waals surface area contributed by atoms with Crippen molar-refractivity contribution in [1.29, 1.82) is 0 Å². The van der Waals surface area contributed by atoms with E-state index >= 15 is 0 Å². The van der Waals surface area contributed by atoms with E-state index in [-0.39, 0.29) is 11.2 Å². The van der Waals surface area contributed by atoms with Gasteiger partial charge in [0.15, 0.2) is 0 Å². The van der Waals surface area contributed by atoms with Gasteiger partial charge in [0.05, 0.1) is 0 Å². The minimum Gasteiger partial charge on any atom is -0.316 e. The van der Waals surface area contributed by atoms with E-state index in [4.69, 9.17) is 0 Å². The van der Waals surface area contributed by atoms with Gasteiger partial charge < -0.3 is 5.32 Å². The van der Waals surface area contributed by atoms with Crippen molar-refractivity contribution in [3.8, 4) is 0 Å². The van der Waals surface area contributed by atoms with Gasteiger partial charge in [-0.3, -0.25) is 0 Å². The van der Waals surface area contributed by atoms with Gasteiger partial charge >= 0.3 is 0 Å². The molecule has 100 valence electrons. The van der Waals surface area contributed by atoms with E-state index in [9.17, 15) is 4.39 Å². The van der Waals surface area contributed by atoms with Gasteiger partial charge in [-0.1, -0.05) is 44.7 Å². The number of rotatable bonds is 4. The zero-order valence-electron chi connectivity index (χ0n) is 11.3. The van der Waals surface area contributed by atoms with Crippen LogP contribution in [0.5, 0.6) is 0 Å². The highest BCUT2D eigenvalue weighted by Crippen LogP contribution is 2.38. The lowest BCUT2D eigenvalue weighted by Crippen LogP contribution is -2.38. The Hall–Kier alpha value is -0.890. The maximum Gasteiger partial charge on any atom is 0.123 e. The van der Waals surface area contributed by atoms with Gasteiger partial charge in [-0.05, 0) is 37.1 Å². The molecule has 1 N–H and O–H groups in total. The summed E-state index contributed by atoms with van der Waals surface area (Å²) in [6.45, 7) is 4.10. The summed E-state index contributed by atoms with van der Waals surface area (Å²) in [6, 6.07) is 7.23. The lowest BCUT2D eigenvalue weighted by Gasteiger charge is -2.34. The van der Waals surface area contributed by atoms with Crippen LogP contribution in [0.1, 0.15) is 51.0 Å². The van der Waals surface area contributed by atoms with Crippen LogP contribution in [0, 0.1) is 5.82 Å². The van der Waals surface area contributed by atoms with Gasteiger partial charge in [-0.25, -0.2) is 4.39 Å². The number of benzene rings is 1. The summed E-state index contributed by atoms with van der Waals surface area (Å²) in [5.41, 5.74) is 1.33. The summed E-state index contributed by atoms with van der Waals surface area (Å²) in [7, 11) is 0. The Bertz CT molecular complexity index is 367. The van der Waals surface area contributed by atoms with Crippen molar-refractivity contribution < 1.29 is 4.39 Å². The largest absolute Gasteiger partial charge is 0.316 e. The Kier molecular flexibility index (Phi) is 4.76. The lowest BCUT2D eigenvalue weighted by atomic mass is 9.74. The second kappa shape index (κ2) is 6.33. The van der Waals surface area contributed by atoms with Crippen molar-refractivity contribution in [2.24, 2.45) is 0 Å². The van der Waals surface area contributed by atoms with Gasteiger partial charge in [-0.15, -0.1) is 0 Å². The molecule has 18 heavy (non-hydrogen) atoms. The molecule has 1 aromatic carbocycles. The molecule has 0 bridgehead atoms. The molecule has 1 saturated carbocycles. The van der Waals surface area contributed by atoms with Gasteiger partial charge in [-0.2, -0.15) is 0 Å². The van der Waals surface area contributed by atoms with E-state index in [0.717, 1.165) is 13.1 Å². The van der Waals surface area contributed by atoms with Crippen molar-refractivity contribution in [3.05, 3.63) is 35.6 Å². The minimum absolute atomic E-state index is 0.104. The molecule has 0 radical (unpaired) electrons. The molecule has 0 spiro atoms. The van der Waals surface area contributed by atoms with Crippen LogP contribution in [0.3, 0.4) is 0 Å². The van der Waals surface area contributed by atoms with E-state index in [1.807, 2.05) is 6.07 Å². The first-order valence-electron chi connectivity index (χ1n) is 7.24. The summed E-state index contributed by atoms with van der Waals surface area (Å²) < 4.78 is 13.5. The van der Waals surface area contributed by atoms with E-state index in [2.05, 4.69) is 18.3 Å². The van der Waals surface area contributed by atoms with Crippen molar-refractivity contribution in [2.75, 3.05) is 13.1 Å². The topological polar surface area (TPSA) is 12.0 Å². The predicted octanol–water partition coefficient (Wildman–Crippen LogP) is 4.03. The molecule has 1 aliphatic carbocycles. The van der Waals surface area contributed by atoms with E-state index < -0.39 is 0 Å². The normalized spacial score (nSPS) is 19.4. The molecule has 0 heterocycles. The zero-order chi connectivity index (χ0) is 12.8. The van der Waals surface area contributed by atoms with Crippen LogP contribution in [0.15, 0.2) is 24.3 Å². The summed E-state index contributed by atoms with van der Waals surface area (Å²) in [5.74, 6) is -0.104. The smallest absolute Gasteiger partial charge is 0.123 e. The summed E-state index contributed by atoms with van der Waals surface area (Å²) >= 11 is 0. The van der Waals surface area contributed by atoms with Crippen LogP contribution in [0.25, 0.3) is 0 Å². The van der Waals surface area contributed by atoms with E-state index in [0.29, 0.717) is 0 Å². The highest BCUT2D eigenvalue weighted by molar-refractivity contribution is 5.27. The van der Waals surface area contributed by atoms with Gasteiger partial charge in [0.2, 0.25) is 0 Å². The summed E-state index contributed by atoms with van der Waals surface area (Å²) in [4.78, 5) is 0. The summed E-state index contributed by atoms with van der Waals surface area (Å²) in [6.07, 6.45) is 7.54. The lowest BCUT2D eigenvalue weighted by molar-refractivity contribution is 0.349. The Morgan fingerprint density at radius 3 is 2.50 bits per heavy atom. The van der Waals surface area contributed by atoms with E-state index in [1.54, 1.807) is 12.1 Å². The number of hydrogen-bond donors (Lipinski definition) is 1. The fourth-order valence-corrected chi connectivity index (χ4v) is 3.16. The average molecular weight is 249 g/mol. The molecular weight excluding hydrogens is 225 g/mol. The monoisotopic (exact) mass is 249 g/mol. The highest BCUT2D eigenvalue weighted by Gasteiger charge is 2.32. The van der Waals surface area contributed by atoms with Gasteiger partial charge in [0.1, 0.15) is 5.82 Å². The van der Waals surface area contributed by atoms with Crippen molar-refractivity contribution in [3.63, 3.8) is 0 Å². The fourth-order valence-electron chi connectivity index (χ4n) is 3.16. The Balaban J connectivity index is 2.27. The van der Waals surface area contributed by atoms with Crippen LogP contribution in [0.2, 0.25) is 0 Å². The minimum atomic E-state index is -0.104. The average Bonchev–Trinajstić information content (AvgIpc) is 2.63. The molecule has 0 aromatic heterocycles. The molecule has 0 amide bonds. The first-order valence-corrected chi connectivity index (χ1v) is 7.24. The second-order valence-electron chi connectivity index (χ2n) is 5.49. The quantitative estimate of drug-likeness (QED) is 0.794. The van der Waals surface area contributed by atoms with Crippen LogP contribution in [0.4, 0.5) is 4.39 Å². The number of likely N-dealkylation sites (N-methyl/N-ethyl adjacent to an activating group) is 1. The van der Waals surface area contributed by atoms with Gasteiger partial charge in [0, 0.05) is 12.0 Å². The fraction of sp³-hybridized carbons (Fsp3) is 0.625. The third-order valence-corrected chi connectivity index (χ3v) is 4.21. The first kappa shape index (κ1) is 13.5. The molecule has 1 aromatic rings. The molecule has 1 aliphatic rings. The van der Waals surface area contributed by atoms with Gasteiger partial charge in [0.25, 0.3) is 0 Å². The number of hydrogen-bond acceptors (Lipinski definition) is 1. The van der Waals surface area contributed by atoms with Crippen LogP contribution in [-0.2, 0) is 5.41 Å². The number of nitrogens with one attached hydrogen (secondary N) is 1. The molecule has 2 rings (SSSR count). The van der Waals surface area contributed by atoms with Crippen molar-refractivity contribution in [1.82, 2.24) is 5.32 Å². The second-order valence-corrected chi connectivity index (χ2v) is 5.49. The Morgan fingerprint density at radius 1 is 1.17 bits per heavy atom. The SMILES string of the molecule is CCNCC1(c2cccc(F)c2)CCCCCC1. The predicted molar refractivity (Wildman–Crippen MR) is 74.3 cm³/mol. The van der Waals surface area contributed by atoms with Crippen LogP contribution < -0.4 is 5.32 Å². The third kappa shape index (κ3) is 3.11. The maximum atomic E-state index is 13.5. The molecule has 0 unspecified atom stereocenters. The molecule has 0 atom stereocenters. The molecule has 1 nitrogen and oxygen atoms in total. The number of halogens is 1. The van der Waals surface area contributed by atoms with Crippen molar-refractivity contribution >= 4 is 0 Å². The van der Waals surface area contributed by atoms with Crippen LogP contribution >= 0.6 is 0 Å². The third-order valence-electron chi connectivity index (χ3n) is 4.21. The summed E-state index contributed by atoms with van der Waals surface area (Å²) in [5, 5.41) is 3.48. The molecule has 1 fully saturated rings. The van der Waals surface area contributed by atoms with Crippen molar-refractivity contribution in [2.45, 2.75) is 50.9 Å². The molecular formula is C16H24FN. The zero-order valence-corrected chi connectivity index (χ0v) is 11.3. The highest BCUT2D eigenvalue weighted by atomic mass is 19.1. The molecule has 0 saturated heterocycles. The first-order chi connectivity index (χ1) is 8.77. The Labute approximate surface area is 110 Å². The standard InChI is InChI=1S/C16H24FN/c1-2-18-13-16(10-5-3-4-6-11-16)14-8-7-9-15(17)12-14/h7-9,12,18H,2-6,10-11,13H2,1H3.